The number of aromatic carboxylic acids is 1. The van der Waals surface area contributed by atoms with Crippen molar-refractivity contribution in [1.82, 2.24) is 4.90 Å². The van der Waals surface area contributed by atoms with Gasteiger partial charge in [0.2, 0.25) is 5.91 Å². The lowest BCUT2D eigenvalue weighted by Crippen LogP contribution is -2.58. The zero-order valence-electron chi connectivity index (χ0n) is 18.9. The second-order valence-electron chi connectivity index (χ2n) is 8.48. The lowest BCUT2D eigenvalue weighted by atomic mass is 9.67. The minimum absolute atomic E-state index is 0.0103. The van der Waals surface area contributed by atoms with Crippen LogP contribution < -0.4 is 15.8 Å². The van der Waals surface area contributed by atoms with E-state index >= 15 is 4.39 Å². The maximum absolute atomic E-state index is 15.0. The Kier molecular flexibility index (Phi) is 5.63. The first-order valence-electron chi connectivity index (χ1n) is 9.96. The molecular weight excluding hydrogens is 415 g/mol. The number of hydrogen-bond acceptors (Lipinski definition) is 6. The van der Waals surface area contributed by atoms with Crippen LogP contribution in [0.3, 0.4) is 0 Å². The first kappa shape index (κ1) is 23.1. The van der Waals surface area contributed by atoms with Gasteiger partial charge in [-0.05, 0) is 58.0 Å². The number of carboxylic acids is 1. The molecule has 1 amide bonds. The molecule has 0 bridgehead atoms. The van der Waals surface area contributed by atoms with Gasteiger partial charge in [0.1, 0.15) is 17.1 Å². The molecule has 0 saturated heterocycles. The zero-order chi connectivity index (χ0) is 24.0. The van der Waals surface area contributed by atoms with Gasteiger partial charge in [-0.2, -0.15) is 0 Å². The van der Waals surface area contributed by atoms with Crippen molar-refractivity contribution in [3.8, 4) is 5.75 Å². The van der Waals surface area contributed by atoms with Crippen LogP contribution in [0.1, 0.15) is 42.3 Å². The second kappa shape index (κ2) is 7.81. The van der Waals surface area contributed by atoms with Gasteiger partial charge < -0.3 is 20.9 Å². The number of methoxy groups -OCH3 is 1. The van der Waals surface area contributed by atoms with Gasteiger partial charge in [-0.3, -0.25) is 9.69 Å². The largest absolute Gasteiger partial charge is 0.494 e. The summed E-state index contributed by atoms with van der Waals surface area (Å²) in [6, 6.07) is 7.46. The van der Waals surface area contributed by atoms with Crippen LogP contribution >= 0.6 is 0 Å². The molecule has 0 aromatic heterocycles. The number of rotatable bonds is 5. The van der Waals surface area contributed by atoms with Gasteiger partial charge >= 0.3 is 5.97 Å². The molecule has 0 aliphatic carbocycles. The van der Waals surface area contributed by atoms with Gasteiger partial charge in [0.05, 0.1) is 23.8 Å². The number of ether oxygens (including phenoxy) is 1. The molecular formula is C23H27FN4O4. The number of nitrogens with zero attached hydrogens (tertiary/aromatic N) is 2. The molecule has 0 unspecified atom stereocenters. The molecule has 4 N–H and O–H groups in total. The van der Waals surface area contributed by atoms with Crippen molar-refractivity contribution in [2.45, 2.75) is 33.2 Å². The standard InChI is InChI=1S/C23H27FN4O4/c1-12-14(19(29)30)8-10-17(18(12)32-6)26-13-7-9-16(24)15(11-13)23(4)22(2,3)20(31)28(5)21(25)27-23/h7-11,26H,1-6H3,(H2,25,27)(H,29,30)/t23-/m1/s1. The van der Waals surface area contributed by atoms with Gasteiger partial charge in [-0.25, -0.2) is 14.2 Å². The summed E-state index contributed by atoms with van der Waals surface area (Å²) in [7, 11) is 2.98. The molecule has 1 aliphatic heterocycles. The summed E-state index contributed by atoms with van der Waals surface area (Å²) in [4.78, 5) is 30.1. The molecule has 1 heterocycles. The highest BCUT2D eigenvalue weighted by Gasteiger charge is 2.53. The summed E-state index contributed by atoms with van der Waals surface area (Å²) < 4.78 is 20.4. The van der Waals surface area contributed by atoms with E-state index in [-0.39, 0.29) is 23.0 Å². The summed E-state index contributed by atoms with van der Waals surface area (Å²) in [6.45, 7) is 6.74. The third kappa shape index (κ3) is 3.43. The molecule has 9 heteroatoms. The molecule has 0 radical (unpaired) electrons. The van der Waals surface area contributed by atoms with Crippen LogP contribution in [0.25, 0.3) is 0 Å². The van der Waals surface area contributed by atoms with E-state index in [4.69, 9.17) is 10.5 Å². The molecule has 1 aliphatic rings. The van der Waals surface area contributed by atoms with Gasteiger partial charge in [-0.15, -0.1) is 0 Å². The minimum Gasteiger partial charge on any atom is -0.494 e. The molecule has 2 aromatic rings. The third-order valence-electron chi connectivity index (χ3n) is 6.35. The Hall–Kier alpha value is -3.62. The van der Waals surface area contributed by atoms with E-state index < -0.39 is 22.7 Å². The predicted molar refractivity (Wildman–Crippen MR) is 120 cm³/mol. The van der Waals surface area contributed by atoms with E-state index in [2.05, 4.69) is 10.3 Å². The first-order chi connectivity index (χ1) is 14.8. The van der Waals surface area contributed by atoms with Gasteiger partial charge in [0, 0.05) is 23.9 Å². The molecule has 32 heavy (non-hydrogen) atoms. The SMILES string of the molecule is COc1c(Nc2ccc(F)c([C@@]3(C)N=C(N)N(C)C(=O)C3(C)C)c2)ccc(C(=O)O)c1C. The van der Waals surface area contributed by atoms with Crippen LogP contribution in [0, 0.1) is 18.2 Å². The number of amides is 1. The first-order valence-corrected chi connectivity index (χ1v) is 9.96. The summed E-state index contributed by atoms with van der Waals surface area (Å²) >= 11 is 0. The molecule has 3 rings (SSSR count). The number of carbonyl (C=O) groups is 2. The Morgan fingerprint density at radius 2 is 1.91 bits per heavy atom. The van der Waals surface area contributed by atoms with Gasteiger partial charge in [-0.1, -0.05) is 0 Å². The van der Waals surface area contributed by atoms with Crippen molar-refractivity contribution in [2.75, 3.05) is 19.5 Å². The average molecular weight is 442 g/mol. The van der Waals surface area contributed by atoms with E-state index in [1.165, 1.54) is 31.2 Å². The number of benzene rings is 2. The summed E-state index contributed by atoms with van der Waals surface area (Å²) in [5.41, 5.74) is 5.45. The van der Waals surface area contributed by atoms with Crippen LogP contribution in [0.15, 0.2) is 35.3 Å². The quantitative estimate of drug-likeness (QED) is 0.651. The number of anilines is 2. The smallest absolute Gasteiger partial charge is 0.336 e. The fourth-order valence-corrected chi connectivity index (χ4v) is 3.99. The number of nitrogens with one attached hydrogen (secondary N) is 1. The van der Waals surface area contributed by atoms with Crippen LogP contribution in [-0.4, -0.2) is 42.0 Å². The molecule has 0 spiro atoms. The number of halogens is 1. The van der Waals surface area contributed by atoms with Gasteiger partial charge in [0.25, 0.3) is 0 Å². The normalized spacial score (nSPS) is 20.0. The molecule has 1 atom stereocenters. The Bertz CT molecular complexity index is 1150. The maximum Gasteiger partial charge on any atom is 0.336 e. The van der Waals surface area contributed by atoms with E-state index in [1.54, 1.807) is 45.9 Å². The number of guanidine groups is 1. The van der Waals surface area contributed by atoms with Crippen molar-refractivity contribution in [3.63, 3.8) is 0 Å². The molecule has 0 saturated carbocycles. The highest BCUT2D eigenvalue weighted by atomic mass is 19.1. The maximum atomic E-state index is 15.0. The van der Waals surface area contributed by atoms with Crippen molar-refractivity contribution >= 4 is 29.2 Å². The van der Waals surface area contributed by atoms with Crippen LogP contribution in [0.4, 0.5) is 15.8 Å². The summed E-state index contributed by atoms with van der Waals surface area (Å²) in [5.74, 6) is -1.49. The number of nitrogens with two attached hydrogens (primary N) is 1. The highest BCUT2D eigenvalue weighted by molar-refractivity contribution is 6.01. The van der Waals surface area contributed by atoms with E-state index in [0.29, 0.717) is 22.7 Å². The molecule has 170 valence electrons. The number of hydrogen-bond donors (Lipinski definition) is 3. The van der Waals surface area contributed by atoms with Gasteiger partial charge in [0.15, 0.2) is 5.96 Å². The molecule has 8 nitrogen and oxygen atoms in total. The molecule has 2 aromatic carbocycles. The predicted octanol–water partition coefficient (Wildman–Crippen LogP) is 3.61. The Morgan fingerprint density at radius 3 is 2.50 bits per heavy atom. The van der Waals surface area contributed by atoms with Crippen LogP contribution in [-0.2, 0) is 10.3 Å². The molecule has 0 fully saturated rings. The van der Waals surface area contributed by atoms with Crippen molar-refractivity contribution < 1.29 is 23.8 Å². The summed E-state index contributed by atoms with van der Waals surface area (Å²) in [5, 5.41) is 12.5. The average Bonchev–Trinajstić information content (AvgIpc) is 2.72. The van der Waals surface area contributed by atoms with Crippen molar-refractivity contribution in [2.24, 2.45) is 16.1 Å². The number of carboxylic acid groups (broad SMARTS) is 1. The summed E-state index contributed by atoms with van der Waals surface area (Å²) in [6.07, 6.45) is 0. The van der Waals surface area contributed by atoms with Crippen LogP contribution in [0.2, 0.25) is 0 Å². The lowest BCUT2D eigenvalue weighted by Gasteiger charge is -2.46. The Morgan fingerprint density at radius 1 is 1.25 bits per heavy atom. The van der Waals surface area contributed by atoms with Crippen molar-refractivity contribution in [1.29, 1.82) is 0 Å². The Balaban J connectivity index is 2.11. The number of aliphatic imine (C=N–C) groups is 1. The topological polar surface area (TPSA) is 117 Å². The monoisotopic (exact) mass is 442 g/mol. The number of carbonyl (C=O) groups excluding carboxylic acids is 1. The van der Waals surface area contributed by atoms with Crippen LogP contribution in [0.5, 0.6) is 5.75 Å². The lowest BCUT2D eigenvalue weighted by molar-refractivity contribution is -0.140. The fourth-order valence-electron chi connectivity index (χ4n) is 3.99. The van der Waals surface area contributed by atoms with Crippen molar-refractivity contribution in [3.05, 3.63) is 52.8 Å². The zero-order valence-corrected chi connectivity index (χ0v) is 18.9. The van der Waals surface area contributed by atoms with E-state index in [0.717, 1.165) is 0 Å². The minimum atomic E-state index is -1.25. The third-order valence-corrected chi connectivity index (χ3v) is 6.35. The fraction of sp³-hybridized carbons (Fsp3) is 0.348. The second-order valence-corrected chi connectivity index (χ2v) is 8.48. The Labute approximate surface area is 185 Å². The highest BCUT2D eigenvalue weighted by Crippen LogP contribution is 2.48. The van der Waals surface area contributed by atoms with E-state index in [9.17, 15) is 14.7 Å². The van der Waals surface area contributed by atoms with E-state index in [1.807, 2.05) is 0 Å².